The van der Waals surface area contributed by atoms with Gasteiger partial charge in [-0.1, -0.05) is 32.5 Å². The number of thioether (sulfide) groups is 1. The van der Waals surface area contributed by atoms with Crippen LogP contribution in [0.15, 0.2) is 4.99 Å². The molecule has 2 unspecified atom stereocenters. The van der Waals surface area contributed by atoms with Crippen LogP contribution in [0.4, 0.5) is 0 Å². The van der Waals surface area contributed by atoms with Crippen molar-refractivity contribution in [2.75, 3.05) is 12.3 Å². The fourth-order valence-electron chi connectivity index (χ4n) is 2.38. The molecule has 0 saturated heterocycles. The van der Waals surface area contributed by atoms with Crippen molar-refractivity contribution in [3.63, 3.8) is 0 Å². The number of hydrogen-bond acceptors (Lipinski definition) is 3. The van der Waals surface area contributed by atoms with E-state index in [1.807, 2.05) is 11.8 Å². The molecule has 0 amide bonds. The van der Waals surface area contributed by atoms with Crippen molar-refractivity contribution >= 4 is 16.9 Å². The molecule has 0 aromatic rings. The van der Waals surface area contributed by atoms with Crippen LogP contribution in [0.3, 0.4) is 0 Å². The van der Waals surface area contributed by atoms with Crippen LogP contribution in [-0.2, 0) is 0 Å². The summed E-state index contributed by atoms with van der Waals surface area (Å²) in [6, 6.07) is 0.666. The highest BCUT2D eigenvalue weighted by atomic mass is 32.2. The molecule has 1 N–H and O–H groups in total. The van der Waals surface area contributed by atoms with Gasteiger partial charge in [-0.25, -0.2) is 0 Å². The molecule has 2 aliphatic rings. The van der Waals surface area contributed by atoms with Crippen LogP contribution >= 0.6 is 11.8 Å². The summed E-state index contributed by atoms with van der Waals surface area (Å²) in [5, 5.41) is 4.80. The Hall–Kier alpha value is -0.180. The predicted molar refractivity (Wildman–Crippen MR) is 68.5 cm³/mol. The Kier molecular flexibility index (Phi) is 3.29. The highest BCUT2D eigenvalue weighted by Gasteiger charge is 2.31. The quantitative estimate of drug-likeness (QED) is 0.743. The van der Waals surface area contributed by atoms with E-state index < -0.39 is 0 Å². The van der Waals surface area contributed by atoms with Gasteiger partial charge in [0.1, 0.15) is 0 Å². The molecule has 1 heterocycles. The van der Waals surface area contributed by atoms with Crippen LogP contribution in [-0.4, -0.2) is 23.5 Å². The SMILES string of the molecule is CC1CN=C(NC2CCC(C)(C)C2)SC1. The largest absolute Gasteiger partial charge is 0.362 e. The molecule has 2 rings (SSSR count). The third-order valence-corrected chi connectivity index (χ3v) is 4.60. The first kappa shape index (κ1) is 11.3. The van der Waals surface area contributed by atoms with Crippen LogP contribution in [0.5, 0.6) is 0 Å². The minimum atomic E-state index is 0.533. The Morgan fingerprint density at radius 1 is 1.47 bits per heavy atom. The molecule has 2 nitrogen and oxygen atoms in total. The molecule has 1 aliphatic heterocycles. The number of amidine groups is 1. The molecular formula is C12H22N2S. The van der Waals surface area contributed by atoms with E-state index in [4.69, 9.17) is 0 Å². The van der Waals surface area contributed by atoms with E-state index in [1.165, 1.54) is 30.2 Å². The number of aliphatic imine (C=N–C) groups is 1. The molecular weight excluding hydrogens is 204 g/mol. The predicted octanol–water partition coefficient (Wildman–Crippen LogP) is 2.89. The Morgan fingerprint density at radius 3 is 2.80 bits per heavy atom. The molecule has 15 heavy (non-hydrogen) atoms. The van der Waals surface area contributed by atoms with Gasteiger partial charge >= 0.3 is 0 Å². The summed E-state index contributed by atoms with van der Waals surface area (Å²) >= 11 is 1.90. The highest BCUT2D eigenvalue weighted by molar-refractivity contribution is 8.13. The van der Waals surface area contributed by atoms with Crippen molar-refractivity contribution in [3.8, 4) is 0 Å². The van der Waals surface area contributed by atoms with Crippen molar-refractivity contribution in [2.24, 2.45) is 16.3 Å². The zero-order valence-corrected chi connectivity index (χ0v) is 10.9. The van der Waals surface area contributed by atoms with Gasteiger partial charge in [0.2, 0.25) is 0 Å². The maximum absolute atomic E-state index is 4.59. The Balaban J connectivity index is 1.83. The van der Waals surface area contributed by atoms with Crippen molar-refractivity contribution in [2.45, 2.75) is 46.1 Å². The van der Waals surface area contributed by atoms with Crippen LogP contribution in [0, 0.1) is 11.3 Å². The fraction of sp³-hybridized carbons (Fsp3) is 0.917. The molecule has 0 aromatic carbocycles. The standard InChI is InChI=1S/C12H22N2S/c1-9-7-13-11(15-8-9)14-10-4-5-12(2,3)6-10/h9-10H,4-8H2,1-3H3,(H,13,14). The summed E-state index contributed by atoms with van der Waals surface area (Å²) in [5.41, 5.74) is 0.533. The first-order valence-electron chi connectivity index (χ1n) is 5.99. The highest BCUT2D eigenvalue weighted by Crippen LogP contribution is 2.37. The van der Waals surface area contributed by atoms with Crippen LogP contribution in [0.1, 0.15) is 40.0 Å². The number of rotatable bonds is 1. The van der Waals surface area contributed by atoms with Crippen molar-refractivity contribution < 1.29 is 0 Å². The van der Waals surface area contributed by atoms with E-state index in [-0.39, 0.29) is 0 Å². The summed E-state index contributed by atoms with van der Waals surface area (Å²) in [6.45, 7) is 8.01. The van der Waals surface area contributed by atoms with Crippen LogP contribution < -0.4 is 5.32 Å². The van der Waals surface area contributed by atoms with Crippen LogP contribution in [0.2, 0.25) is 0 Å². The van der Waals surface area contributed by atoms with Gasteiger partial charge in [-0.05, 0) is 30.6 Å². The molecule has 2 atom stereocenters. The fourth-order valence-corrected chi connectivity index (χ4v) is 3.34. The van der Waals surface area contributed by atoms with Crippen molar-refractivity contribution in [1.29, 1.82) is 0 Å². The molecule has 0 aromatic heterocycles. The molecule has 1 fully saturated rings. The molecule has 0 spiro atoms. The van der Waals surface area contributed by atoms with Gasteiger partial charge in [-0.15, -0.1) is 0 Å². The van der Waals surface area contributed by atoms with Crippen molar-refractivity contribution in [3.05, 3.63) is 0 Å². The summed E-state index contributed by atoms with van der Waals surface area (Å²) in [5.74, 6) is 1.97. The number of nitrogens with zero attached hydrogens (tertiary/aromatic N) is 1. The zero-order valence-electron chi connectivity index (χ0n) is 10.0. The van der Waals surface area contributed by atoms with E-state index in [0.29, 0.717) is 11.5 Å². The maximum Gasteiger partial charge on any atom is 0.156 e. The lowest BCUT2D eigenvalue weighted by molar-refractivity contribution is 0.372. The second kappa shape index (κ2) is 4.36. The summed E-state index contributed by atoms with van der Waals surface area (Å²) in [7, 11) is 0. The monoisotopic (exact) mass is 226 g/mol. The third-order valence-electron chi connectivity index (χ3n) is 3.35. The van der Waals surface area contributed by atoms with Gasteiger partial charge < -0.3 is 5.32 Å². The average Bonchev–Trinajstić information content (AvgIpc) is 2.50. The van der Waals surface area contributed by atoms with E-state index >= 15 is 0 Å². The Bertz CT molecular complexity index is 260. The average molecular weight is 226 g/mol. The lowest BCUT2D eigenvalue weighted by atomic mass is 9.92. The summed E-state index contributed by atoms with van der Waals surface area (Å²) in [4.78, 5) is 4.59. The normalized spacial score (nSPS) is 35.0. The van der Waals surface area contributed by atoms with Gasteiger partial charge in [-0.3, -0.25) is 4.99 Å². The number of hydrogen-bond donors (Lipinski definition) is 1. The first-order valence-corrected chi connectivity index (χ1v) is 6.97. The Morgan fingerprint density at radius 2 is 2.27 bits per heavy atom. The Labute approximate surface area is 97.3 Å². The molecule has 1 saturated carbocycles. The van der Waals surface area contributed by atoms with E-state index in [0.717, 1.165) is 12.5 Å². The smallest absolute Gasteiger partial charge is 0.156 e. The van der Waals surface area contributed by atoms with Gasteiger partial charge in [-0.2, -0.15) is 0 Å². The molecule has 0 bridgehead atoms. The molecule has 86 valence electrons. The summed E-state index contributed by atoms with van der Waals surface area (Å²) in [6.07, 6.45) is 3.95. The van der Waals surface area contributed by atoms with Gasteiger partial charge in [0.15, 0.2) is 5.17 Å². The first-order chi connectivity index (χ1) is 7.05. The third kappa shape index (κ3) is 3.13. The molecule has 3 heteroatoms. The second-order valence-corrected chi connectivity index (χ2v) is 6.82. The van der Waals surface area contributed by atoms with E-state index in [1.54, 1.807) is 0 Å². The van der Waals surface area contributed by atoms with E-state index in [2.05, 4.69) is 31.1 Å². The second-order valence-electron chi connectivity index (χ2n) is 5.81. The zero-order chi connectivity index (χ0) is 10.9. The van der Waals surface area contributed by atoms with E-state index in [9.17, 15) is 0 Å². The topological polar surface area (TPSA) is 24.4 Å². The van der Waals surface area contributed by atoms with Crippen molar-refractivity contribution in [1.82, 2.24) is 5.32 Å². The minimum absolute atomic E-state index is 0.533. The molecule has 1 aliphatic carbocycles. The minimum Gasteiger partial charge on any atom is -0.362 e. The molecule has 0 radical (unpaired) electrons. The van der Waals surface area contributed by atoms with Gasteiger partial charge in [0.25, 0.3) is 0 Å². The van der Waals surface area contributed by atoms with Gasteiger partial charge in [0.05, 0.1) is 0 Å². The summed E-state index contributed by atoms with van der Waals surface area (Å²) < 4.78 is 0. The lowest BCUT2D eigenvalue weighted by Gasteiger charge is -2.22. The number of nitrogens with one attached hydrogen (secondary N) is 1. The lowest BCUT2D eigenvalue weighted by Crippen LogP contribution is -2.34. The maximum atomic E-state index is 4.59. The van der Waals surface area contributed by atoms with Crippen LogP contribution in [0.25, 0.3) is 0 Å². The van der Waals surface area contributed by atoms with Gasteiger partial charge in [0, 0.05) is 18.3 Å².